The Labute approximate surface area is 145 Å². The lowest BCUT2D eigenvalue weighted by atomic mass is 9.81. The molecule has 0 radical (unpaired) electrons. The summed E-state index contributed by atoms with van der Waals surface area (Å²) in [5.74, 6) is -3.56. The van der Waals surface area contributed by atoms with Gasteiger partial charge in [0.05, 0.1) is 24.3 Å². The van der Waals surface area contributed by atoms with Crippen LogP contribution in [0.4, 0.5) is 0 Å². The normalized spacial score (nSPS) is 23.6. The molecule has 1 saturated carbocycles. The topological polar surface area (TPSA) is 128 Å². The van der Waals surface area contributed by atoms with Gasteiger partial charge in [0.1, 0.15) is 5.92 Å². The van der Waals surface area contributed by atoms with E-state index in [1.807, 2.05) is 0 Å². The predicted octanol–water partition coefficient (Wildman–Crippen LogP) is 0.843. The number of ketones is 1. The summed E-state index contributed by atoms with van der Waals surface area (Å²) in [5.41, 5.74) is -0.112. The van der Waals surface area contributed by atoms with Gasteiger partial charge in [0, 0.05) is 12.3 Å². The van der Waals surface area contributed by atoms with Gasteiger partial charge in [-0.15, -0.1) is 0 Å². The van der Waals surface area contributed by atoms with E-state index in [-0.39, 0.29) is 42.3 Å². The summed E-state index contributed by atoms with van der Waals surface area (Å²) in [5, 5.41) is 16.1. The maximum Gasteiger partial charge on any atom is 0.308 e. The van der Waals surface area contributed by atoms with Crippen molar-refractivity contribution >= 4 is 29.3 Å². The van der Waals surface area contributed by atoms with Gasteiger partial charge in [-0.3, -0.25) is 24.1 Å². The van der Waals surface area contributed by atoms with E-state index in [0.29, 0.717) is 12.8 Å². The van der Waals surface area contributed by atoms with Crippen LogP contribution in [0.3, 0.4) is 0 Å². The molecule has 1 saturated heterocycles. The van der Waals surface area contributed by atoms with Crippen LogP contribution in [0.5, 0.6) is 0 Å². The molecule has 8 heteroatoms. The number of rotatable bonds is 7. The molecule has 8 nitrogen and oxygen atoms in total. The van der Waals surface area contributed by atoms with E-state index in [4.69, 9.17) is 15.4 Å². The van der Waals surface area contributed by atoms with Crippen molar-refractivity contribution in [2.24, 2.45) is 17.8 Å². The number of amides is 2. The fraction of sp³-hybridized carbons (Fsp3) is 0.647. The van der Waals surface area contributed by atoms with Gasteiger partial charge in [0.2, 0.25) is 11.8 Å². The average Bonchev–Trinajstić information content (AvgIpc) is 2.83. The summed E-state index contributed by atoms with van der Waals surface area (Å²) >= 11 is 0. The van der Waals surface area contributed by atoms with Crippen molar-refractivity contribution in [2.45, 2.75) is 39.0 Å². The first-order valence-electron chi connectivity index (χ1n) is 8.35. The molecule has 1 N–H and O–H groups in total. The van der Waals surface area contributed by atoms with Gasteiger partial charge in [0.15, 0.2) is 12.4 Å². The van der Waals surface area contributed by atoms with E-state index in [1.54, 1.807) is 6.07 Å². The first-order valence-corrected chi connectivity index (χ1v) is 8.35. The highest BCUT2D eigenvalue weighted by molar-refractivity contribution is 6.06. The molecule has 2 fully saturated rings. The Hall–Kier alpha value is -2.56. The van der Waals surface area contributed by atoms with Crippen molar-refractivity contribution in [3.63, 3.8) is 0 Å². The van der Waals surface area contributed by atoms with Crippen molar-refractivity contribution < 1.29 is 23.9 Å². The molecule has 0 bridgehead atoms. The summed E-state index contributed by atoms with van der Waals surface area (Å²) in [7, 11) is 0. The van der Waals surface area contributed by atoms with Crippen molar-refractivity contribution in [1.82, 2.24) is 4.90 Å². The third-order valence-corrected chi connectivity index (χ3v) is 4.73. The highest BCUT2D eigenvalue weighted by Gasteiger charge is 2.47. The molecule has 134 valence electrons. The molecule has 1 unspecified atom stereocenters. The van der Waals surface area contributed by atoms with Crippen molar-refractivity contribution in [2.75, 3.05) is 13.2 Å². The lowest BCUT2D eigenvalue weighted by molar-refractivity contribution is -0.149. The fourth-order valence-electron chi connectivity index (χ4n) is 3.37. The second kappa shape index (κ2) is 8.01. The maximum atomic E-state index is 12.3. The second-order valence-electron chi connectivity index (χ2n) is 6.45. The Morgan fingerprint density at radius 2 is 1.84 bits per heavy atom. The number of carbonyl (C=O) groups is 4. The van der Waals surface area contributed by atoms with Crippen molar-refractivity contribution in [1.29, 1.82) is 10.7 Å². The summed E-state index contributed by atoms with van der Waals surface area (Å²) < 4.78 is 4.80. The van der Waals surface area contributed by atoms with Crippen LogP contribution in [0.2, 0.25) is 0 Å². The molecule has 2 aliphatic rings. The highest BCUT2D eigenvalue weighted by Crippen LogP contribution is 2.37. The molecule has 1 aliphatic carbocycles. The summed E-state index contributed by atoms with van der Waals surface area (Å²) in [4.78, 5) is 49.1. The lowest BCUT2D eigenvalue weighted by Gasteiger charge is -2.19. The number of hydrogen-bond donors (Lipinski definition) is 1. The summed E-state index contributed by atoms with van der Waals surface area (Å²) in [6.45, 7) is 0.682. The summed E-state index contributed by atoms with van der Waals surface area (Å²) in [6, 6.07) is 1.68. The number of nitrogens with zero attached hydrogens (tertiary/aromatic N) is 2. The third kappa shape index (κ3) is 4.10. The van der Waals surface area contributed by atoms with E-state index < -0.39 is 24.3 Å². The van der Waals surface area contributed by atoms with Gasteiger partial charge in [-0.2, -0.15) is 5.26 Å². The number of ether oxygens (including phenoxy) is 1. The number of nitriles is 1. The molecule has 0 aromatic carbocycles. The number of esters is 1. The van der Waals surface area contributed by atoms with Crippen LogP contribution >= 0.6 is 0 Å². The van der Waals surface area contributed by atoms with E-state index in [0.717, 1.165) is 17.7 Å². The SMILES string of the molecule is CC(=N)C(C#N)C(=O)COC(=O)CCN1C(=O)[C@H]2CCCC[C@H]2C1=O. The largest absolute Gasteiger partial charge is 0.458 e. The predicted molar refractivity (Wildman–Crippen MR) is 85.3 cm³/mol. The zero-order chi connectivity index (χ0) is 18.6. The molecule has 0 spiro atoms. The van der Waals surface area contributed by atoms with E-state index >= 15 is 0 Å². The summed E-state index contributed by atoms with van der Waals surface area (Å²) in [6.07, 6.45) is 3.10. The number of Topliss-reactive ketones (excluding diaryl/α,β-unsaturated/α-hetero) is 1. The molecular formula is C17H21N3O5. The number of imide groups is 1. The van der Waals surface area contributed by atoms with Gasteiger partial charge in [-0.1, -0.05) is 12.8 Å². The van der Waals surface area contributed by atoms with Crippen LogP contribution in [-0.4, -0.2) is 47.3 Å². The minimum Gasteiger partial charge on any atom is -0.458 e. The Bertz CT molecular complexity index is 627. The minimum absolute atomic E-state index is 0.0526. The number of fused-ring (bicyclic) bond motifs is 1. The Kier molecular flexibility index (Phi) is 6.02. The zero-order valence-electron chi connectivity index (χ0n) is 14.1. The van der Waals surface area contributed by atoms with Gasteiger partial charge in [0.25, 0.3) is 0 Å². The standard InChI is InChI=1S/C17H21N3O5/c1-10(19)13(8-18)14(21)9-25-15(22)6-7-20-16(23)11-4-2-3-5-12(11)17(20)24/h11-13,19H,2-7,9H2,1H3/t11-,12+,13?. The monoisotopic (exact) mass is 347 g/mol. The van der Waals surface area contributed by atoms with E-state index in [9.17, 15) is 19.2 Å². The van der Waals surface area contributed by atoms with Gasteiger partial charge < -0.3 is 10.1 Å². The Balaban J connectivity index is 1.81. The fourth-order valence-corrected chi connectivity index (χ4v) is 3.37. The number of hydrogen-bond acceptors (Lipinski definition) is 7. The van der Waals surface area contributed by atoms with Gasteiger partial charge >= 0.3 is 5.97 Å². The number of carbonyl (C=O) groups excluding carboxylic acids is 4. The minimum atomic E-state index is -1.22. The molecule has 2 rings (SSSR count). The van der Waals surface area contributed by atoms with Crippen molar-refractivity contribution in [3.05, 3.63) is 0 Å². The Morgan fingerprint density at radius 3 is 2.32 bits per heavy atom. The molecule has 25 heavy (non-hydrogen) atoms. The molecule has 1 aliphatic heterocycles. The quantitative estimate of drug-likeness (QED) is 0.413. The molecule has 2 amide bonds. The zero-order valence-corrected chi connectivity index (χ0v) is 14.1. The number of nitrogens with one attached hydrogen (secondary N) is 1. The molecule has 3 atom stereocenters. The highest BCUT2D eigenvalue weighted by atomic mass is 16.5. The first-order chi connectivity index (χ1) is 11.9. The third-order valence-electron chi connectivity index (χ3n) is 4.73. The van der Waals surface area contributed by atoms with Gasteiger partial charge in [-0.25, -0.2) is 0 Å². The van der Waals surface area contributed by atoms with Crippen molar-refractivity contribution in [3.8, 4) is 6.07 Å². The number of likely N-dealkylation sites (tertiary alicyclic amines) is 1. The van der Waals surface area contributed by atoms with Crippen LogP contribution < -0.4 is 0 Å². The van der Waals surface area contributed by atoms with Crippen LogP contribution in [0.25, 0.3) is 0 Å². The second-order valence-corrected chi connectivity index (χ2v) is 6.45. The lowest BCUT2D eigenvalue weighted by Crippen LogP contribution is -2.34. The molecule has 1 heterocycles. The molecule has 0 aromatic rings. The molecule has 0 aromatic heterocycles. The van der Waals surface area contributed by atoms with E-state index in [1.165, 1.54) is 6.92 Å². The van der Waals surface area contributed by atoms with Gasteiger partial charge in [-0.05, 0) is 19.8 Å². The van der Waals surface area contributed by atoms with Crippen LogP contribution in [0, 0.1) is 34.5 Å². The first kappa shape index (κ1) is 18.8. The van der Waals surface area contributed by atoms with Crippen LogP contribution in [-0.2, 0) is 23.9 Å². The molecular weight excluding hydrogens is 326 g/mol. The average molecular weight is 347 g/mol. The smallest absolute Gasteiger partial charge is 0.308 e. The van der Waals surface area contributed by atoms with E-state index in [2.05, 4.69) is 0 Å². The Morgan fingerprint density at radius 1 is 1.28 bits per heavy atom. The van der Waals surface area contributed by atoms with Crippen LogP contribution in [0.15, 0.2) is 0 Å². The maximum absolute atomic E-state index is 12.3. The van der Waals surface area contributed by atoms with Crippen LogP contribution in [0.1, 0.15) is 39.0 Å².